The van der Waals surface area contributed by atoms with Crippen LogP contribution in [0.1, 0.15) is 47.1 Å². The van der Waals surface area contributed by atoms with Crippen LogP contribution in [0.5, 0.6) is 0 Å². The van der Waals surface area contributed by atoms with Crippen LogP contribution in [0.4, 0.5) is 11.6 Å². The Morgan fingerprint density at radius 3 is 1.94 bits per heavy atom. The fourth-order valence-electron chi connectivity index (χ4n) is 2.89. The van der Waals surface area contributed by atoms with E-state index >= 15 is 0 Å². The fraction of sp³-hybridized carbons (Fsp3) is 0.440. The summed E-state index contributed by atoms with van der Waals surface area (Å²) in [7, 11) is 0. The van der Waals surface area contributed by atoms with Crippen molar-refractivity contribution >= 4 is 57.4 Å². The second-order valence-corrected chi connectivity index (χ2v) is 12.3. The van der Waals surface area contributed by atoms with Crippen LogP contribution in [0.25, 0.3) is 0 Å². The predicted octanol–water partition coefficient (Wildman–Crippen LogP) is 7.38. The SMILES string of the molecule is CC(C)(C)CN(Cc1ccc(I)cc1)c1ccnc(Cl)n1.CC(C)(C)CNc1ccnc(Cl)n1. The third kappa shape index (κ3) is 11.6. The smallest absolute Gasteiger partial charge is 0.224 e. The highest BCUT2D eigenvalue weighted by atomic mass is 127. The molecule has 9 heteroatoms. The number of aromatic nitrogens is 4. The number of halogens is 3. The van der Waals surface area contributed by atoms with E-state index in [2.05, 4.69) is 119 Å². The minimum Gasteiger partial charge on any atom is -0.369 e. The van der Waals surface area contributed by atoms with Gasteiger partial charge in [0.1, 0.15) is 11.6 Å². The average molecular weight is 615 g/mol. The largest absolute Gasteiger partial charge is 0.369 e. The van der Waals surface area contributed by atoms with Crippen molar-refractivity contribution in [3.8, 4) is 0 Å². The van der Waals surface area contributed by atoms with E-state index in [-0.39, 0.29) is 21.4 Å². The first-order valence-corrected chi connectivity index (χ1v) is 12.8. The van der Waals surface area contributed by atoms with Gasteiger partial charge in [0, 0.05) is 35.6 Å². The zero-order chi connectivity index (χ0) is 25.4. The van der Waals surface area contributed by atoms with Crippen molar-refractivity contribution < 1.29 is 0 Å². The van der Waals surface area contributed by atoms with E-state index in [4.69, 9.17) is 23.2 Å². The average Bonchev–Trinajstić information content (AvgIpc) is 2.73. The van der Waals surface area contributed by atoms with E-state index in [1.54, 1.807) is 18.5 Å². The number of nitrogens with zero attached hydrogens (tertiary/aromatic N) is 5. The molecule has 0 radical (unpaired) electrons. The maximum Gasteiger partial charge on any atom is 0.224 e. The molecule has 3 rings (SSSR count). The van der Waals surface area contributed by atoms with Gasteiger partial charge < -0.3 is 10.2 Å². The van der Waals surface area contributed by atoms with Gasteiger partial charge in [0.2, 0.25) is 10.6 Å². The molecule has 0 bridgehead atoms. The summed E-state index contributed by atoms with van der Waals surface area (Å²) in [6, 6.07) is 12.3. The minimum absolute atomic E-state index is 0.167. The van der Waals surface area contributed by atoms with Crippen molar-refractivity contribution in [2.45, 2.75) is 48.1 Å². The summed E-state index contributed by atoms with van der Waals surface area (Å²) < 4.78 is 1.24. The van der Waals surface area contributed by atoms with Crippen LogP contribution in [0, 0.1) is 14.4 Å². The van der Waals surface area contributed by atoms with Crippen LogP contribution in [-0.2, 0) is 6.54 Å². The van der Waals surface area contributed by atoms with Gasteiger partial charge in [0.25, 0.3) is 0 Å². The Balaban J connectivity index is 0.000000270. The van der Waals surface area contributed by atoms with Crippen LogP contribution in [-0.4, -0.2) is 33.0 Å². The Hall–Kier alpha value is -1.71. The molecule has 2 aromatic heterocycles. The summed E-state index contributed by atoms with van der Waals surface area (Å²) in [4.78, 5) is 18.4. The lowest BCUT2D eigenvalue weighted by Gasteiger charge is -2.31. The van der Waals surface area contributed by atoms with Crippen LogP contribution in [0.2, 0.25) is 10.6 Å². The molecule has 0 aliphatic carbocycles. The Bertz CT molecular complexity index is 1030. The molecule has 0 fully saturated rings. The van der Waals surface area contributed by atoms with E-state index < -0.39 is 0 Å². The van der Waals surface area contributed by atoms with Gasteiger partial charge in [-0.05, 0) is 86.5 Å². The molecule has 0 aliphatic heterocycles. The lowest BCUT2D eigenvalue weighted by molar-refractivity contribution is 0.407. The molecule has 0 amide bonds. The molecule has 0 aliphatic rings. The molecular formula is C25H33Cl2IN6. The first-order valence-electron chi connectivity index (χ1n) is 11.0. The summed E-state index contributed by atoms with van der Waals surface area (Å²) >= 11 is 13.9. The molecule has 0 saturated heterocycles. The van der Waals surface area contributed by atoms with Crippen molar-refractivity contribution in [3.05, 3.63) is 68.5 Å². The second kappa shape index (κ2) is 12.8. The zero-order valence-corrected chi connectivity index (χ0v) is 24.3. The third-order valence-corrected chi connectivity index (χ3v) is 5.40. The van der Waals surface area contributed by atoms with Crippen molar-refractivity contribution in [2.75, 3.05) is 23.3 Å². The fourth-order valence-corrected chi connectivity index (χ4v) is 3.54. The number of rotatable bonds is 6. The Morgan fingerprint density at radius 1 is 0.824 bits per heavy atom. The Kier molecular flexibility index (Phi) is 10.8. The van der Waals surface area contributed by atoms with Crippen molar-refractivity contribution in [1.29, 1.82) is 0 Å². The maximum atomic E-state index is 5.93. The molecule has 0 unspecified atom stereocenters. The predicted molar refractivity (Wildman–Crippen MR) is 152 cm³/mol. The van der Waals surface area contributed by atoms with Crippen LogP contribution >= 0.6 is 45.8 Å². The molecule has 0 spiro atoms. The van der Waals surface area contributed by atoms with E-state index in [0.29, 0.717) is 0 Å². The molecule has 3 aromatic rings. The van der Waals surface area contributed by atoms with Crippen LogP contribution < -0.4 is 10.2 Å². The quantitative estimate of drug-likeness (QED) is 0.231. The molecule has 34 heavy (non-hydrogen) atoms. The van der Waals surface area contributed by atoms with Gasteiger partial charge in [-0.15, -0.1) is 0 Å². The highest BCUT2D eigenvalue weighted by Crippen LogP contribution is 2.23. The second-order valence-electron chi connectivity index (χ2n) is 10.4. The standard InChI is InChI=1S/C16H19ClIN3.C9H14ClN3/c1-16(2,3)11-21(14-8-9-19-15(17)20-14)10-12-4-6-13(18)7-5-12;1-9(2,3)6-12-7-4-5-11-8(10)13-7/h4-9H,10-11H2,1-3H3;4-5H,6H2,1-3H3,(H,11,12,13). The summed E-state index contributed by atoms with van der Waals surface area (Å²) in [6.45, 7) is 15.7. The van der Waals surface area contributed by atoms with Gasteiger partial charge in [0.05, 0.1) is 0 Å². The lowest BCUT2D eigenvalue weighted by Crippen LogP contribution is -2.33. The third-order valence-electron chi connectivity index (χ3n) is 4.31. The molecule has 0 atom stereocenters. The molecule has 1 N–H and O–H groups in total. The normalized spacial score (nSPS) is 11.4. The molecule has 6 nitrogen and oxygen atoms in total. The van der Waals surface area contributed by atoms with E-state index in [0.717, 1.165) is 31.3 Å². The Morgan fingerprint density at radius 2 is 1.41 bits per heavy atom. The van der Waals surface area contributed by atoms with Crippen molar-refractivity contribution in [1.82, 2.24) is 19.9 Å². The zero-order valence-electron chi connectivity index (χ0n) is 20.6. The molecular weight excluding hydrogens is 582 g/mol. The lowest BCUT2D eigenvalue weighted by atomic mass is 9.96. The van der Waals surface area contributed by atoms with Gasteiger partial charge in [0.15, 0.2) is 0 Å². The van der Waals surface area contributed by atoms with Gasteiger partial charge in [-0.2, -0.15) is 0 Å². The summed E-state index contributed by atoms with van der Waals surface area (Å²) in [5.41, 5.74) is 1.66. The number of nitrogens with one attached hydrogen (secondary N) is 1. The number of benzene rings is 1. The molecule has 0 saturated carbocycles. The van der Waals surface area contributed by atoms with E-state index in [1.807, 2.05) is 6.07 Å². The summed E-state index contributed by atoms with van der Waals surface area (Å²) in [5, 5.41) is 3.75. The number of hydrogen-bond acceptors (Lipinski definition) is 6. The maximum absolute atomic E-state index is 5.93. The molecule has 2 heterocycles. The van der Waals surface area contributed by atoms with Gasteiger partial charge in [-0.3, -0.25) is 0 Å². The highest BCUT2D eigenvalue weighted by Gasteiger charge is 2.18. The summed E-state index contributed by atoms with van der Waals surface area (Å²) in [6.07, 6.45) is 3.34. The van der Waals surface area contributed by atoms with Crippen molar-refractivity contribution in [3.63, 3.8) is 0 Å². The first kappa shape index (κ1) is 28.5. The first-order chi connectivity index (χ1) is 15.8. The van der Waals surface area contributed by atoms with E-state index in [9.17, 15) is 0 Å². The molecule has 1 aromatic carbocycles. The van der Waals surface area contributed by atoms with Crippen LogP contribution in [0.15, 0.2) is 48.8 Å². The Labute approximate surface area is 227 Å². The summed E-state index contributed by atoms with van der Waals surface area (Å²) in [5.74, 6) is 1.64. The van der Waals surface area contributed by atoms with Crippen molar-refractivity contribution in [2.24, 2.45) is 10.8 Å². The number of hydrogen-bond donors (Lipinski definition) is 1. The number of anilines is 2. The van der Waals surface area contributed by atoms with Gasteiger partial charge in [-0.25, -0.2) is 19.9 Å². The van der Waals surface area contributed by atoms with Gasteiger partial charge >= 0.3 is 0 Å². The van der Waals surface area contributed by atoms with Gasteiger partial charge in [-0.1, -0.05) is 53.7 Å². The monoisotopic (exact) mass is 614 g/mol. The highest BCUT2D eigenvalue weighted by molar-refractivity contribution is 14.1. The van der Waals surface area contributed by atoms with Crippen LogP contribution in [0.3, 0.4) is 0 Å². The molecule has 184 valence electrons. The minimum atomic E-state index is 0.167. The topological polar surface area (TPSA) is 66.8 Å². The van der Waals surface area contributed by atoms with E-state index in [1.165, 1.54) is 9.13 Å².